The van der Waals surface area contributed by atoms with Crippen LogP contribution in [0.25, 0.3) is 0 Å². The summed E-state index contributed by atoms with van der Waals surface area (Å²) in [7, 11) is 0. The first-order valence-corrected chi connectivity index (χ1v) is 10.6. The van der Waals surface area contributed by atoms with E-state index in [1.165, 1.54) is 64.2 Å². The maximum atomic E-state index is 12.4. The van der Waals surface area contributed by atoms with E-state index in [9.17, 15) is 4.39 Å². The highest BCUT2D eigenvalue weighted by molar-refractivity contribution is 4.84. The Kier molecular flexibility index (Phi) is 7.39. The third-order valence-corrected chi connectivity index (χ3v) is 7.08. The minimum absolute atomic E-state index is 0.291. The van der Waals surface area contributed by atoms with Crippen molar-refractivity contribution in [1.29, 1.82) is 0 Å². The quantitative estimate of drug-likeness (QED) is 0.613. The van der Waals surface area contributed by atoms with Gasteiger partial charge in [0.25, 0.3) is 0 Å². The Labute approximate surface area is 147 Å². The number of ether oxygens (including phenoxy) is 2. The molecule has 1 heterocycles. The van der Waals surface area contributed by atoms with Gasteiger partial charge in [0, 0.05) is 12.3 Å². The van der Waals surface area contributed by atoms with Gasteiger partial charge < -0.3 is 9.47 Å². The van der Waals surface area contributed by atoms with E-state index in [4.69, 9.17) is 9.47 Å². The molecule has 3 fully saturated rings. The van der Waals surface area contributed by atoms with E-state index >= 15 is 0 Å². The van der Waals surface area contributed by atoms with Crippen LogP contribution in [0.2, 0.25) is 0 Å². The molecule has 0 amide bonds. The maximum Gasteiger partial charge on any atom is 0.160 e. The molecule has 0 N–H and O–H groups in total. The Morgan fingerprint density at radius 3 is 1.71 bits per heavy atom. The fraction of sp³-hybridized carbons (Fsp3) is 1.00. The van der Waals surface area contributed by atoms with Gasteiger partial charge in [-0.25, -0.2) is 0 Å². The van der Waals surface area contributed by atoms with E-state index in [1.807, 2.05) is 0 Å². The zero-order chi connectivity index (χ0) is 16.8. The Balaban J connectivity index is 1.36. The standard InChI is InChI=1S/C21H37FO2/c1-2-3-16-4-6-17(7-5-16)18-8-10-19(11-9-18)20-14-23-21(12-13-22)24-15-20/h16-21H,2-15H2,1H3. The topological polar surface area (TPSA) is 18.5 Å². The summed E-state index contributed by atoms with van der Waals surface area (Å²) >= 11 is 0. The summed E-state index contributed by atoms with van der Waals surface area (Å²) < 4.78 is 23.8. The van der Waals surface area contributed by atoms with Gasteiger partial charge in [0.15, 0.2) is 6.29 Å². The molecule has 0 aromatic heterocycles. The summed E-state index contributed by atoms with van der Waals surface area (Å²) in [4.78, 5) is 0. The molecule has 3 rings (SSSR count). The summed E-state index contributed by atoms with van der Waals surface area (Å²) in [6, 6.07) is 0. The molecular weight excluding hydrogens is 303 g/mol. The summed E-state index contributed by atoms with van der Waals surface area (Å²) in [5, 5.41) is 0. The zero-order valence-electron chi connectivity index (χ0n) is 15.6. The van der Waals surface area contributed by atoms with Gasteiger partial charge in [-0.05, 0) is 62.2 Å². The molecule has 0 aromatic carbocycles. The number of hydrogen-bond donors (Lipinski definition) is 0. The molecule has 1 saturated heterocycles. The van der Waals surface area contributed by atoms with E-state index in [-0.39, 0.29) is 13.0 Å². The maximum absolute atomic E-state index is 12.4. The van der Waals surface area contributed by atoms with Gasteiger partial charge in [-0.2, -0.15) is 0 Å². The Bertz CT molecular complexity index is 304. The molecule has 0 bridgehead atoms. The van der Waals surface area contributed by atoms with Crippen LogP contribution in [0.15, 0.2) is 0 Å². The van der Waals surface area contributed by atoms with Gasteiger partial charge in [0.1, 0.15) is 0 Å². The van der Waals surface area contributed by atoms with Crippen molar-refractivity contribution in [2.24, 2.45) is 29.6 Å². The number of hydrogen-bond acceptors (Lipinski definition) is 2. The van der Waals surface area contributed by atoms with Crippen LogP contribution < -0.4 is 0 Å². The molecule has 0 aromatic rings. The predicted molar refractivity (Wildman–Crippen MR) is 95.6 cm³/mol. The van der Waals surface area contributed by atoms with Crippen LogP contribution in [0.1, 0.15) is 77.6 Å². The molecule has 1 aliphatic heterocycles. The SMILES string of the molecule is CCCC1CCC(C2CCC(C3COC(CCF)OC3)CC2)CC1. The molecule has 3 heteroatoms. The second-order valence-electron chi connectivity index (χ2n) is 8.58. The summed E-state index contributed by atoms with van der Waals surface area (Å²) in [5.41, 5.74) is 0. The largest absolute Gasteiger partial charge is 0.352 e. The lowest BCUT2D eigenvalue weighted by Crippen LogP contribution is -2.38. The van der Waals surface area contributed by atoms with Crippen LogP contribution in [-0.4, -0.2) is 26.2 Å². The predicted octanol–water partition coefficient (Wildman–Crippen LogP) is 5.75. The molecule has 2 saturated carbocycles. The Morgan fingerprint density at radius 1 is 0.708 bits per heavy atom. The number of rotatable bonds is 6. The van der Waals surface area contributed by atoms with Crippen LogP contribution in [0.3, 0.4) is 0 Å². The van der Waals surface area contributed by atoms with Gasteiger partial charge in [0.05, 0.1) is 19.9 Å². The highest BCUT2D eigenvalue weighted by Crippen LogP contribution is 2.44. The second-order valence-corrected chi connectivity index (χ2v) is 8.58. The van der Waals surface area contributed by atoms with E-state index < -0.39 is 0 Å². The van der Waals surface area contributed by atoms with Crippen molar-refractivity contribution in [3.8, 4) is 0 Å². The molecule has 0 radical (unpaired) electrons. The highest BCUT2D eigenvalue weighted by atomic mass is 19.1. The van der Waals surface area contributed by atoms with Gasteiger partial charge in [-0.1, -0.05) is 32.6 Å². The molecular formula is C21H37FO2. The minimum Gasteiger partial charge on any atom is -0.352 e. The monoisotopic (exact) mass is 340 g/mol. The van der Waals surface area contributed by atoms with Crippen molar-refractivity contribution in [2.45, 2.75) is 83.8 Å². The summed E-state index contributed by atoms with van der Waals surface area (Å²) in [6.45, 7) is 3.54. The van der Waals surface area contributed by atoms with Crippen LogP contribution >= 0.6 is 0 Å². The fourth-order valence-electron chi connectivity index (χ4n) is 5.53. The van der Waals surface area contributed by atoms with Gasteiger partial charge in [-0.15, -0.1) is 0 Å². The van der Waals surface area contributed by atoms with E-state index in [1.54, 1.807) is 0 Å². The lowest BCUT2D eigenvalue weighted by Gasteiger charge is -2.41. The van der Waals surface area contributed by atoms with E-state index in [0.717, 1.165) is 36.9 Å². The molecule has 0 atom stereocenters. The van der Waals surface area contributed by atoms with Crippen molar-refractivity contribution in [3.05, 3.63) is 0 Å². The molecule has 3 aliphatic rings. The Morgan fingerprint density at radius 2 is 1.21 bits per heavy atom. The highest BCUT2D eigenvalue weighted by Gasteiger charge is 2.35. The molecule has 0 unspecified atom stereocenters. The average Bonchev–Trinajstić information content (AvgIpc) is 2.64. The lowest BCUT2D eigenvalue weighted by molar-refractivity contribution is -0.213. The smallest absolute Gasteiger partial charge is 0.160 e. The molecule has 2 nitrogen and oxygen atoms in total. The third kappa shape index (κ3) is 4.94. The van der Waals surface area contributed by atoms with Crippen LogP contribution in [0.4, 0.5) is 4.39 Å². The van der Waals surface area contributed by atoms with Crippen molar-refractivity contribution in [2.75, 3.05) is 19.9 Å². The van der Waals surface area contributed by atoms with E-state index in [0.29, 0.717) is 12.3 Å². The first-order valence-electron chi connectivity index (χ1n) is 10.6. The normalized spacial score (nSPS) is 41.2. The third-order valence-electron chi connectivity index (χ3n) is 7.08. The van der Waals surface area contributed by atoms with E-state index in [2.05, 4.69) is 6.92 Å². The van der Waals surface area contributed by atoms with Gasteiger partial charge in [-0.3, -0.25) is 4.39 Å². The van der Waals surface area contributed by atoms with Crippen molar-refractivity contribution in [1.82, 2.24) is 0 Å². The Hall–Kier alpha value is -0.150. The van der Waals surface area contributed by atoms with Crippen LogP contribution in [0, 0.1) is 29.6 Å². The van der Waals surface area contributed by atoms with Crippen LogP contribution in [0.5, 0.6) is 0 Å². The average molecular weight is 341 g/mol. The first-order chi connectivity index (χ1) is 11.8. The van der Waals surface area contributed by atoms with Gasteiger partial charge in [0.2, 0.25) is 0 Å². The number of halogens is 1. The summed E-state index contributed by atoms with van der Waals surface area (Å²) in [6.07, 6.45) is 14.4. The molecule has 24 heavy (non-hydrogen) atoms. The molecule has 2 aliphatic carbocycles. The van der Waals surface area contributed by atoms with Crippen molar-refractivity contribution in [3.63, 3.8) is 0 Å². The second kappa shape index (κ2) is 9.52. The minimum atomic E-state index is -0.346. The van der Waals surface area contributed by atoms with Gasteiger partial charge >= 0.3 is 0 Å². The molecule has 0 spiro atoms. The first kappa shape index (κ1) is 18.6. The van der Waals surface area contributed by atoms with Crippen molar-refractivity contribution < 1.29 is 13.9 Å². The fourth-order valence-corrected chi connectivity index (χ4v) is 5.53. The summed E-state index contributed by atoms with van der Waals surface area (Å²) in [5.74, 6) is 4.32. The number of alkyl halides is 1. The lowest BCUT2D eigenvalue weighted by atomic mass is 9.67. The molecule has 140 valence electrons. The van der Waals surface area contributed by atoms with Crippen LogP contribution in [-0.2, 0) is 9.47 Å². The zero-order valence-corrected chi connectivity index (χ0v) is 15.6. The van der Waals surface area contributed by atoms with Crippen molar-refractivity contribution >= 4 is 0 Å².